The molecular weight excluding hydrogens is 571 g/mol. The number of halogens is 2. The van der Waals surface area contributed by atoms with E-state index in [1.54, 1.807) is 23.6 Å². The summed E-state index contributed by atoms with van der Waals surface area (Å²) in [6.07, 6.45) is 0.145. The maximum Gasteiger partial charge on any atom is 0.226 e. The van der Waals surface area contributed by atoms with Gasteiger partial charge < -0.3 is 11.1 Å². The fourth-order valence-electron chi connectivity index (χ4n) is 3.80. The third-order valence-corrected chi connectivity index (χ3v) is 8.09. The largest absolute Gasteiger partial charge is 0.383 e. The summed E-state index contributed by atoms with van der Waals surface area (Å²) < 4.78 is 0. The minimum Gasteiger partial charge on any atom is -0.383 e. The lowest BCUT2D eigenvalue weighted by Gasteiger charge is -2.14. The van der Waals surface area contributed by atoms with Crippen molar-refractivity contribution < 1.29 is 4.79 Å². The first kappa shape index (κ1) is 28.4. The minimum atomic E-state index is -0.241. The van der Waals surface area contributed by atoms with Crippen LogP contribution in [0.2, 0.25) is 10.0 Å². The SMILES string of the molecule is CC(C)c1ccc(-c2c(C#N)c(N)nc(SCCC(=O)Nc3nc(-c4ccc(Cl)cc4Cl)cs3)c2C#N)cc1. The van der Waals surface area contributed by atoms with E-state index in [2.05, 4.69) is 41.3 Å². The van der Waals surface area contributed by atoms with Crippen LogP contribution in [0.1, 0.15) is 42.9 Å². The first-order chi connectivity index (χ1) is 18.7. The number of amides is 1. The molecular formula is C28H22Cl2N6OS2. The van der Waals surface area contributed by atoms with Crippen LogP contribution in [0.25, 0.3) is 22.4 Å². The fourth-order valence-corrected chi connectivity index (χ4v) is 5.97. The van der Waals surface area contributed by atoms with Crippen LogP contribution in [0.4, 0.5) is 10.9 Å². The van der Waals surface area contributed by atoms with Gasteiger partial charge in [0.2, 0.25) is 5.91 Å². The minimum absolute atomic E-state index is 0.0440. The van der Waals surface area contributed by atoms with Crippen LogP contribution < -0.4 is 11.1 Å². The highest BCUT2D eigenvalue weighted by atomic mass is 35.5. The van der Waals surface area contributed by atoms with Gasteiger partial charge in [0.15, 0.2) is 5.13 Å². The molecule has 0 spiro atoms. The molecule has 0 atom stereocenters. The molecule has 3 N–H and O–H groups in total. The van der Waals surface area contributed by atoms with E-state index in [1.165, 1.54) is 23.1 Å². The number of nitrogens with one attached hydrogen (secondary N) is 1. The molecule has 1 amide bonds. The monoisotopic (exact) mass is 592 g/mol. The Morgan fingerprint density at radius 1 is 1.10 bits per heavy atom. The summed E-state index contributed by atoms with van der Waals surface area (Å²) in [5, 5.41) is 26.1. The van der Waals surface area contributed by atoms with Crippen molar-refractivity contribution in [1.82, 2.24) is 9.97 Å². The van der Waals surface area contributed by atoms with Gasteiger partial charge in [-0.1, -0.05) is 61.3 Å². The molecule has 196 valence electrons. The second-order valence-corrected chi connectivity index (χ2v) is 11.5. The summed E-state index contributed by atoms with van der Waals surface area (Å²) in [5.74, 6) is 0.486. The van der Waals surface area contributed by atoms with Crippen molar-refractivity contribution in [2.75, 3.05) is 16.8 Å². The van der Waals surface area contributed by atoms with Crippen LogP contribution in [-0.2, 0) is 4.79 Å². The van der Waals surface area contributed by atoms with Gasteiger partial charge in [0.05, 0.1) is 16.3 Å². The molecule has 39 heavy (non-hydrogen) atoms. The number of aromatic nitrogens is 2. The van der Waals surface area contributed by atoms with E-state index >= 15 is 0 Å². The van der Waals surface area contributed by atoms with E-state index in [-0.39, 0.29) is 29.3 Å². The van der Waals surface area contributed by atoms with E-state index in [1.807, 2.05) is 24.3 Å². The van der Waals surface area contributed by atoms with Gasteiger partial charge in [-0.05, 0) is 35.2 Å². The quantitative estimate of drug-likeness (QED) is 0.200. The Morgan fingerprint density at radius 3 is 2.46 bits per heavy atom. The number of carbonyl (C=O) groups is 1. The van der Waals surface area contributed by atoms with Crippen LogP contribution in [0, 0.1) is 22.7 Å². The predicted octanol–water partition coefficient (Wildman–Crippen LogP) is 7.75. The first-order valence-corrected chi connectivity index (χ1v) is 14.4. The number of pyridine rings is 1. The Hall–Kier alpha value is -3.60. The molecule has 0 aliphatic carbocycles. The van der Waals surface area contributed by atoms with Crippen molar-refractivity contribution in [2.45, 2.75) is 31.2 Å². The molecule has 0 aliphatic heterocycles. The molecule has 4 rings (SSSR count). The third-order valence-electron chi connectivity index (χ3n) is 5.81. The summed E-state index contributed by atoms with van der Waals surface area (Å²) >= 11 is 14.8. The van der Waals surface area contributed by atoms with E-state index in [0.29, 0.717) is 48.7 Å². The highest BCUT2D eigenvalue weighted by Gasteiger charge is 2.21. The number of hydrogen-bond donors (Lipinski definition) is 2. The Labute approximate surface area is 244 Å². The van der Waals surface area contributed by atoms with Crippen molar-refractivity contribution in [1.29, 1.82) is 10.5 Å². The number of nitriles is 2. The van der Waals surface area contributed by atoms with Gasteiger partial charge in [-0.2, -0.15) is 10.5 Å². The van der Waals surface area contributed by atoms with Crippen molar-refractivity contribution in [3.05, 3.63) is 74.6 Å². The van der Waals surface area contributed by atoms with Gasteiger partial charge in [-0.15, -0.1) is 23.1 Å². The van der Waals surface area contributed by atoms with Crippen LogP contribution in [0.3, 0.4) is 0 Å². The van der Waals surface area contributed by atoms with Gasteiger partial charge in [-0.25, -0.2) is 9.97 Å². The normalized spacial score (nSPS) is 10.7. The van der Waals surface area contributed by atoms with E-state index in [0.717, 1.165) is 11.1 Å². The first-order valence-electron chi connectivity index (χ1n) is 11.8. The molecule has 0 bridgehead atoms. The Kier molecular flexibility index (Phi) is 9.11. The van der Waals surface area contributed by atoms with Crippen molar-refractivity contribution in [3.63, 3.8) is 0 Å². The van der Waals surface area contributed by atoms with Gasteiger partial charge in [-0.3, -0.25) is 4.79 Å². The second-order valence-electron chi connectivity index (χ2n) is 8.74. The van der Waals surface area contributed by atoms with Crippen molar-refractivity contribution >= 4 is 63.2 Å². The van der Waals surface area contributed by atoms with Gasteiger partial charge in [0.25, 0.3) is 0 Å². The highest BCUT2D eigenvalue weighted by molar-refractivity contribution is 7.99. The van der Waals surface area contributed by atoms with Crippen LogP contribution in [0.15, 0.2) is 52.9 Å². The van der Waals surface area contributed by atoms with E-state index in [4.69, 9.17) is 28.9 Å². The molecule has 0 unspecified atom stereocenters. The average Bonchev–Trinajstić information content (AvgIpc) is 3.36. The molecule has 11 heteroatoms. The molecule has 0 saturated heterocycles. The zero-order chi connectivity index (χ0) is 28.1. The number of thioether (sulfide) groups is 1. The lowest BCUT2D eigenvalue weighted by atomic mass is 9.94. The second kappa shape index (κ2) is 12.5. The van der Waals surface area contributed by atoms with E-state index < -0.39 is 0 Å². The molecule has 2 aromatic heterocycles. The molecule has 0 fully saturated rings. The van der Waals surface area contributed by atoms with Crippen molar-refractivity contribution in [2.24, 2.45) is 0 Å². The molecule has 0 saturated carbocycles. The van der Waals surface area contributed by atoms with Crippen LogP contribution in [0.5, 0.6) is 0 Å². The zero-order valence-corrected chi connectivity index (χ0v) is 24.1. The van der Waals surface area contributed by atoms with Gasteiger partial charge in [0.1, 0.15) is 28.5 Å². The number of nitrogens with zero attached hydrogens (tertiary/aromatic N) is 4. The molecule has 0 aliphatic rings. The Morgan fingerprint density at radius 2 is 1.82 bits per heavy atom. The topological polar surface area (TPSA) is 128 Å². The molecule has 2 heterocycles. The number of rotatable bonds is 8. The van der Waals surface area contributed by atoms with E-state index in [9.17, 15) is 15.3 Å². The Bertz CT molecular complexity index is 1620. The van der Waals surface area contributed by atoms with Gasteiger partial charge in [0, 0.05) is 33.7 Å². The Balaban J connectivity index is 1.47. The van der Waals surface area contributed by atoms with Crippen LogP contribution in [-0.4, -0.2) is 21.6 Å². The standard InChI is InChI=1S/C28H22Cl2N6OS2/c1-15(2)16-3-5-17(6-4-16)25-20(12-31)26(33)36-27(21(25)13-32)38-10-9-24(37)35-28-34-23(14-39-28)19-8-7-18(29)11-22(19)30/h3-8,11,14-15H,9-10H2,1-2H3,(H2,33,36)(H,34,35,37). The predicted molar refractivity (Wildman–Crippen MR) is 159 cm³/mol. The molecule has 2 aromatic carbocycles. The smallest absolute Gasteiger partial charge is 0.226 e. The van der Waals surface area contributed by atoms with Crippen molar-refractivity contribution in [3.8, 4) is 34.5 Å². The number of nitrogens with two attached hydrogens (primary N) is 1. The average molecular weight is 594 g/mol. The number of carbonyl (C=O) groups excluding carboxylic acids is 1. The number of anilines is 2. The summed E-state index contributed by atoms with van der Waals surface area (Å²) in [7, 11) is 0. The molecule has 0 radical (unpaired) electrons. The highest BCUT2D eigenvalue weighted by Crippen LogP contribution is 2.37. The number of thiazole rings is 1. The summed E-state index contributed by atoms with van der Waals surface area (Å²) in [6, 6.07) is 17.1. The lowest BCUT2D eigenvalue weighted by Crippen LogP contribution is -2.12. The maximum atomic E-state index is 12.6. The number of nitrogen functional groups attached to an aromatic ring is 1. The zero-order valence-electron chi connectivity index (χ0n) is 21.0. The summed E-state index contributed by atoms with van der Waals surface area (Å²) in [4.78, 5) is 21.4. The van der Waals surface area contributed by atoms with Crippen LogP contribution >= 0.6 is 46.3 Å². The van der Waals surface area contributed by atoms with Gasteiger partial charge >= 0.3 is 0 Å². The lowest BCUT2D eigenvalue weighted by molar-refractivity contribution is -0.115. The maximum absolute atomic E-state index is 12.6. The number of benzene rings is 2. The fraction of sp³-hybridized carbons (Fsp3) is 0.179. The molecule has 7 nitrogen and oxygen atoms in total. The number of hydrogen-bond acceptors (Lipinski definition) is 8. The summed E-state index contributed by atoms with van der Waals surface area (Å²) in [6.45, 7) is 4.18. The third kappa shape index (κ3) is 6.52. The summed E-state index contributed by atoms with van der Waals surface area (Å²) in [5.41, 5.74) is 10.2. The molecule has 4 aromatic rings.